The second kappa shape index (κ2) is 5.28. The van der Waals surface area contributed by atoms with Gasteiger partial charge in [0.2, 0.25) is 0 Å². The van der Waals surface area contributed by atoms with Crippen LogP contribution in [0.15, 0.2) is 53.0 Å². The zero-order valence-electron chi connectivity index (χ0n) is 12.0. The third kappa shape index (κ3) is 2.36. The Kier molecular flexibility index (Phi) is 3.88. The number of allylic oxidation sites excluding steroid dienone is 6. The van der Waals surface area contributed by atoms with Crippen LogP contribution < -0.4 is 0 Å². The Balaban J connectivity index is 2.46. The molecule has 2 aliphatic carbocycles. The Bertz CT molecular complexity index is 501. The van der Waals surface area contributed by atoms with Crippen LogP contribution in [0.25, 0.3) is 0 Å². The molecule has 0 amide bonds. The van der Waals surface area contributed by atoms with Crippen molar-refractivity contribution in [1.82, 2.24) is 0 Å². The Hall–Kier alpha value is -1.44. The Labute approximate surface area is 115 Å². The molecule has 1 unspecified atom stereocenters. The summed E-state index contributed by atoms with van der Waals surface area (Å²) in [6, 6.07) is 0. The van der Waals surface area contributed by atoms with Gasteiger partial charge in [-0.05, 0) is 37.2 Å². The number of aliphatic imine (C=N–C) groups is 1. The number of nitrogens with zero attached hydrogens (tertiary/aromatic N) is 1. The van der Waals surface area contributed by atoms with Crippen LogP contribution in [0.2, 0.25) is 0 Å². The highest BCUT2D eigenvalue weighted by Gasteiger charge is 2.48. The van der Waals surface area contributed by atoms with Crippen LogP contribution in [0, 0.1) is 11.3 Å². The van der Waals surface area contributed by atoms with Crippen LogP contribution in [0.4, 0.5) is 4.39 Å². The summed E-state index contributed by atoms with van der Waals surface area (Å²) in [5, 5.41) is 0. The second-order valence-electron chi connectivity index (χ2n) is 5.54. The van der Waals surface area contributed by atoms with Crippen molar-refractivity contribution in [1.29, 1.82) is 0 Å². The van der Waals surface area contributed by atoms with Gasteiger partial charge in [-0.3, -0.25) is 4.99 Å². The first-order valence-corrected chi connectivity index (χ1v) is 7.01. The largest absolute Gasteiger partial charge is 0.254 e. The lowest BCUT2D eigenvalue weighted by molar-refractivity contribution is 0.376. The lowest BCUT2D eigenvalue weighted by atomic mass is 9.79. The summed E-state index contributed by atoms with van der Waals surface area (Å²) in [6.45, 7) is 10.2. The molecular formula is C17H22FN. The van der Waals surface area contributed by atoms with Gasteiger partial charge < -0.3 is 0 Å². The molecule has 2 rings (SSSR count). The molecule has 19 heavy (non-hydrogen) atoms. The number of rotatable bonds is 4. The van der Waals surface area contributed by atoms with Gasteiger partial charge in [-0.25, -0.2) is 4.39 Å². The fourth-order valence-electron chi connectivity index (χ4n) is 3.07. The lowest BCUT2D eigenvalue weighted by Gasteiger charge is -2.26. The molecule has 102 valence electrons. The van der Waals surface area contributed by atoms with E-state index in [0.717, 1.165) is 12.0 Å². The van der Waals surface area contributed by atoms with E-state index in [4.69, 9.17) is 0 Å². The zero-order valence-corrected chi connectivity index (χ0v) is 12.0. The van der Waals surface area contributed by atoms with Crippen molar-refractivity contribution in [3.05, 3.63) is 48.0 Å². The SMILES string of the molecule is C=CN=C1C(F)=CC=C/C1=C(/C)C1(C(C)CC)CC1. The Morgan fingerprint density at radius 1 is 1.58 bits per heavy atom. The van der Waals surface area contributed by atoms with Crippen LogP contribution in [-0.2, 0) is 0 Å². The topological polar surface area (TPSA) is 12.4 Å². The summed E-state index contributed by atoms with van der Waals surface area (Å²) in [4.78, 5) is 4.12. The normalized spacial score (nSPS) is 26.9. The Morgan fingerprint density at radius 3 is 2.79 bits per heavy atom. The molecule has 0 aliphatic heterocycles. The van der Waals surface area contributed by atoms with Crippen molar-refractivity contribution >= 4 is 5.71 Å². The van der Waals surface area contributed by atoms with Crippen molar-refractivity contribution < 1.29 is 4.39 Å². The molecule has 1 fully saturated rings. The first kappa shape index (κ1) is 14.0. The summed E-state index contributed by atoms with van der Waals surface area (Å²) in [6.07, 6.45) is 10.2. The predicted molar refractivity (Wildman–Crippen MR) is 79.8 cm³/mol. The summed E-state index contributed by atoms with van der Waals surface area (Å²) >= 11 is 0. The number of halogens is 1. The quantitative estimate of drug-likeness (QED) is 0.663. The van der Waals surface area contributed by atoms with Gasteiger partial charge in [0.05, 0.1) is 0 Å². The first-order chi connectivity index (χ1) is 9.06. The minimum absolute atomic E-state index is 0.258. The molecule has 0 aromatic carbocycles. The highest BCUT2D eigenvalue weighted by molar-refractivity contribution is 6.14. The van der Waals surface area contributed by atoms with Crippen LogP contribution in [-0.4, -0.2) is 5.71 Å². The van der Waals surface area contributed by atoms with Crippen LogP contribution in [0.3, 0.4) is 0 Å². The molecule has 0 aromatic heterocycles. The third-order valence-electron chi connectivity index (χ3n) is 4.70. The molecule has 0 heterocycles. The van der Waals surface area contributed by atoms with Gasteiger partial charge >= 0.3 is 0 Å². The molecular weight excluding hydrogens is 237 g/mol. The van der Waals surface area contributed by atoms with Gasteiger partial charge in [0, 0.05) is 11.8 Å². The van der Waals surface area contributed by atoms with Crippen molar-refractivity contribution in [3.8, 4) is 0 Å². The van der Waals surface area contributed by atoms with Gasteiger partial charge in [-0.15, -0.1) is 0 Å². The fraction of sp³-hybridized carbons (Fsp3) is 0.471. The zero-order chi connectivity index (χ0) is 14.0. The van der Waals surface area contributed by atoms with Gasteiger partial charge in [0.25, 0.3) is 0 Å². The Morgan fingerprint density at radius 2 is 2.26 bits per heavy atom. The molecule has 0 bridgehead atoms. The van der Waals surface area contributed by atoms with Crippen molar-refractivity contribution in [3.63, 3.8) is 0 Å². The first-order valence-electron chi connectivity index (χ1n) is 7.01. The second-order valence-corrected chi connectivity index (χ2v) is 5.54. The monoisotopic (exact) mass is 259 g/mol. The van der Waals surface area contributed by atoms with E-state index in [2.05, 4.69) is 32.3 Å². The summed E-state index contributed by atoms with van der Waals surface area (Å²) in [7, 11) is 0. The van der Waals surface area contributed by atoms with E-state index < -0.39 is 0 Å². The molecule has 0 aromatic rings. The molecule has 0 N–H and O–H groups in total. The molecule has 1 nitrogen and oxygen atoms in total. The lowest BCUT2D eigenvalue weighted by Crippen LogP contribution is -2.18. The van der Waals surface area contributed by atoms with Gasteiger partial charge in [-0.1, -0.05) is 44.6 Å². The minimum Gasteiger partial charge on any atom is -0.254 e. The van der Waals surface area contributed by atoms with Crippen LogP contribution >= 0.6 is 0 Å². The predicted octanol–water partition coefficient (Wildman–Crippen LogP) is 5.14. The van der Waals surface area contributed by atoms with E-state index in [1.54, 1.807) is 6.08 Å². The van der Waals surface area contributed by atoms with Crippen molar-refractivity contribution in [2.24, 2.45) is 16.3 Å². The van der Waals surface area contributed by atoms with Crippen molar-refractivity contribution in [2.45, 2.75) is 40.0 Å². The molecule has 1 saturated carbocycles. The van der Waals surface area contributed by atoms with Gasteiger partial charge in [-0.2, -0.15) is 0 Å². The smallest absolute Gasteiger partial charge is 0.149 e. The van der Waals surface area contributed by atoms with E-state index in [1.807, 2.05) is 6.08 Å². The molecule has 0 spiro atoms. The molecule has 1 atom stereocenters. The summed E-state index contributed by atoms with van der Waals surface area (Å²) < 4.78 is 13.9. The number of hydrogen-bond donors (Lipinski definition) is 0. The standard InChI is InChI=1S/C17H22FN/c1-5-12(3)17(10-11-17)13(4)14-8-7-9-15(18)16(14)19-6-2/h6-9,12H,2,5,10-11H2,1,3-4H3/b14-13+,19-16?. The van der Waals surface area contributed by atoms with Crippen LogP contribution in [0.1, 0.15) is 40.0 Å². The average Bonchev–Trinajstić information content (AvgIpc) is 3.21. The highest BCUT2D eigenvalue weighted by atomic mass is 19.1. The van der Waals surface area contributed by atoms with E-state index in [1.165, 1.54) is 30.7 Å². The molecule has 0 radical (unpaired) electrons. The highest BCUT2D eigenvalue weighted by Crippen LogP contribution is 2.59. The maximum Gasteiger partial charge on any atom is 0.149 e. The number of hydrogen-bond acceptors (Lipinski definition) is 1. The third-order valence-corrected chi connectivity index (χ3v) is 4.70. The molecule has 0 saturated heterocycles. The minimum atomic E-state index is -0.267. The fourth-order valence-corrected chi connectivity index (χ4v) is 3.07. The maximum absolute atomic E-state index is 13.9. The maximum atomic E-state index is 13.9. The van der Waals surface area contributed by atoms with E-state index in [0.29, 0.717) is 11.6 Å². The van der Waals surface area contributed by atoms with Gasteiger partial charge in [0.15, 0.2) is 0 Å². The molecule has 2 heteroatoms. The van der Waals surface area contributed by atoms with Crippen LogP contribution in [0.5, 0.6) is 0 Å². The van der Waals surface area contributed by atoms with E-state index in [-0.39, 0.29) is 11.2 Å². The molecule has 2 aliphatic rings. The van der Waals surface area contributed by atoms with Gasteiger partial charge in [0.1, 0.15) is 11.5 Å². The van der Waals surface area contributed by atoms with E-state index in [9.17, 15) is 4.39 Å². The van der Waals surface area contributed by atoms with Crippen molar-refractivity contribution in [2.75, 3.05) is 0 Å². The summed E-state index contributed by atoms with van der Waals surface area (Å²) in [5.74, 6) is 0.365. The van der Waals surface area contributed by atoms with E-state index >= 15 is 0 Å². The summed E-state index contributed by atoms with van der Waals surface area (Å²) in [5.41, 5.74) is 2.91. The average molecular weight is 259 g/mol.